The van der Waals surface area contributed by atoms with Crippen LogP contribution in [0.1, 0.15) is 39.0 Å². The van der Waals surface area contributed by atoms with Gasteiger partial charge in [-0.25, -0.2) is 0 Å². The van der Waals surface area contributed by atoms with Gasteiger partial charge in [-0.1, -0.05) is 13.3 Å². The van der Waals surface area contributed by atoms with Crippen LogP contribution in [0, 0.1) is 5.92 Å². The highest BCUT2D eigenvalue weighted by molar-refractivity contribution is 6.28. The van der Waals surface area contributed by atoms with Gasteiger partial charge >= 0.3 is 0 Å². The predicted molar refractivity (Wildman–Crippen MR) is 81.5 cm³/mol. The molecule has 0 amide bonds. The van der Waals surface area contributed by atoms with Crippen molar-refractivity contribution in [2.24, 2.45) is 5.92 Å². The highest BCUT2D eigenvalue weighted by atomic mass is 35.5. The lowest BCUT2D eigenvalue weighted by Gasteiger charge is -2.32. The first kappa shape index (κ1) is 13.9. The number of rotatable bonds is 3. The van der Waals surface area contributed by atoms with Crippen LogP contribution < -0.4 is 9.80 Å². The van der Waals surface area contributed by atoms with Crippen LogP contribution >= 0.6 is 11.6 Å². The molecule has 0 bridgehead atoms. The van der Waals surface area contributed by atoms with E-state index >= 15 is 0 Å². The summed E-state index contributed by atoms with van der Waals surface area (Å²) in [6.45, 7) is 6.37. The average Bonchev–Trinajstić information content (AvgIpc) is 3.01. The predicted octanol–water partition coefficient (Wildman–Crippen LogP) is 2.75. The third kappa shape index (κ3) is 2.97. The fourth-order valence-corrected chi connectivity index (χ4v) is 3.26. The van der Waals surface area contributed by atoms with E-state index in [9.17, 15) is 0 Å². The molecule has 3 rings (SSSR count). The van der Waals surface area contributed by atoms with Gasteiger partial charge in [-0.3, -0.25) is 0 Å². The van der Waals surface area contributed by atoms with Gasteiger partial charge in [0.15, 0.2) is 0 Å². The van der Waals surface area contributed by atoms with Gasteiger partial charge in [-0.15, -0.1) is 0 Å². The molecule has 1 aromatic heterocycles. The Kier molecular flexibility index (Phi) is 4.24. The van der Waals surface area contributed by atoms with Crippen molar-refractivity contribution in [1.29, 1.82) is 0 Å². The summed E-state index contributed by atoms with van der Waals surface area (Å²) in [7, 11) is 0. The molecule has 0 aliphatic carbocycles. The number of piperidine rings is 1. The minimum absolute atomic E-state index is 0.315. The number of anilines is 2. The van der Waals surface area contributed by atoms with E-state index in [1.807, 2.05) is 0 Å². The van der Waals surface area contributed by atoms with Crippen LogP contribution in [0.5, 0.6) is 0 Å². The van der Waals surface area contributed by atoms with Gasteiger partial charge in [0.25, 0.3) is 0 Å². The normalized spacial score (nSPS) is 23.4. The van der Waals surface area contributed by atoms with Crippen molar-refractivity contribution in [2.75, 3.05) is 36.0 Å². The lowest BCUT2D eigenvalue weighted by atomic mass is 9.96. The molecule has 1 aromatic rings. The fraction of sp³-hybridized carbons (Fsp3) is 0.786. The quantitative estimate of drug-likeness (QED) is 0.858. The van der Waals surface area contributed by atoms with Crippen molar-refractivity contribution < 1.29 is 0 Å². The van der Waals surface area contributed by atoms with E-state index in [-0.39, 0.29) is 0 Å². The van der Waals surface area contributed by atoms with Crippen LogP contribution in [0.15, 0.2) is 0 Å². The maximum Gasteiger partial charge on any atom is 0.231 e. The number of nitrogens with zero attached hydrogens (tertiary/aromatic N) is 5. The van der Waals surface area contributed by atoms with E-state index in [0.717, 1.165) is 44.0 Å². The Labute approximate surface area is 125 Å². The Morgan fingerprint density at radius 3 is 2.35 bits per heavy atom. The molecule has 2 saturated heterocycles. The van der Waals surface area contributed by atoms with Crippen LogP contribution in [0.25, 0.3) is 0 Å². The minimum Gasteiger partial charge on any atom is -0.341 e. The number of hydrogen-bond acceptors (Lipinski definition) is 5. The molecule has 0 radical (unpaired) electrons. The lowest BCUT2D eigenvalue weighted by Crippen LogP contribution is -2.36. The summed E-state index contributed by atoms with van der Waals surface area (Å²) < 4.78 is 0. The van der Waals surface area contributed by atoms with Crippen LogP contribution in [0.3, 0.4) is 0 Å². The van der Waals surface area contributed by atoms with Crippen molar-refractivity contribution in [3.63, 3.8) is 0 Å². The Bertz CT molecular complexity index is 461. The molecule has 2 aliphatic heterocycles. The lowest BCUT2D eigenvalue weighted by molar-refractivity contribution is 0.401. The fourth-order valence-electron chi connectivity index (χ4n) is 3.11. The second-order valence-electron chi connectivity index (χ2n) is 5.76. The van der Waals surface area contributed by atoms with Crippen molar-refractivity contribution in [1.82, 2.24) is 15.0 Å². The Morgan fingerprint density at radius 2 is 1.65 bits per heavy atom. The van der Waals surface area contributed by atoms with E-state index in [1.54, 1.807) is 0 Å². The first-order chi connectivity index (χ1) is 9.76. The monoisotopic (exact) mass is 295 g/mol. The van der Waals surface area contributed by atoms with Gasteiger partial charge < -0.3 is 9.80 Å². The van der Waals surface area contributed by atoms with Crippen molar-refractivity contribution in [3.8, 4) is 0 Å². The molecular formula is C14H22ClN5. The summed E-state index contributed by atoms with van der Waals surface area (Å²) in [6, 6.07) is 0. The number of hydrogen-bond donors (Lipinski definition) is 0. The molecule has 5 nitrogen and oxygen atoms in total. The Balaban J connectivity index is 1.81. The third-order valence-corrected chi connectivity index (χ3v) is 4.52. The SMILES string of the molecule is CCC1CCCN(c2nc(Cl)nc(N3CCCC3)n2)C1. The summed E-state index contributed by atoms with van der Waals surface area (Å²) in [4.78, 5) is 17.8. The van der Waals surface area contributed by atoms with Gasteiger partial charge in [-0.2, -0.15) is 15.0 Å². The van der Waals surface area contributed by atoms with E-state index in [4.69, 9.17) is 11.6 Å². The zero-order valence-electron chi connectivity index (χ0n) is 12.1. The van der Waals surface area contributed by atoms with Crippen molar-refractivity contribution in [2.45, 2.75) is 39.0 Å². The maximum atomic E-state index is 6.10. The number of halogens is 1. The molecule has 0 saturated carbocycles. The minimum atomic E-state index is 0.315. The van der Waals surface area contributed by atoms with Crippen LogP contribution in [0.4, 0.5) is 11.9 Å². The molecule has 3 heterocycles. The standard InChI is InChI=1S/C14H22ClN5/c1-2-11-6-5-9-20(10-11)14-17-12(15)16-13(18-14)19-7-3-4-8-19/h11H,2-10H2,1H3. The maximum absolute atomic E-state index is 6.10. The summed E-state index contributed by atoms with van der Waals surface area (Å²) in [5.74, 6) is 2.25. The second-order valence-corrected chi connectivity index (χ2v) is 6.10. The van der Waals surface area contributed by atoms with E-state index in [0.29, 0.717) is 5.28 Å². The first-order valence-electron chi connectivity index (χ1n) is 7.67. The molecule has 1 unspecified atom stereocenters. The summed E-state index contributed by atoms with van der Waals surface area (Å²) in [5, 5.41) is 0.315. The Morgan fingerprint density at radius 1 is 1.00 bits per heavy atom. The van der Waals surface area contributed by atoms with E-state index < -0.39 is 0 Å². The van der Waals surface area contributed by atoms with Crippen molar-refractivity contribution >= 4 is 23.5 Å². The third-order valence-electron chi connectivity index (χ3n) is 4.35. The summed E-state index contributed by atoms with van der Waals surface area (Å²) >= 11 is 6.10. The van der Waals surface area contributed by atoms with Crippen LogP contribution in [-0.2, 0) is 0 Å². The first-order valence-corrected chi connectivity index (χ1v) is 8.05. The largest absolute Gasteiger partial charge is 0.341 e. The molecule has 0 aromatic carbocycles. The van der Waals surface area contributed by atoms with E-state index in [2.05, 4.69) is 31.7 Å². The zero-order valence-corrected chi connectivity index (χ0v) is 12.8. The van der Waals surface area contributed by atoms with Crippen LogP contribution in [-0.4, -0.2) is 41.1 Å². The van der Waals surface area contributed by atoms with Gasteiger partial charge in [0.2, 0.25) is 17.2 Å². The average molecular weight is 296 g/mol. The molecule has 2 aliphatic rings. The van der Waals surface area contributed by atoms with Crippen molar-refractivity contribution in [3.05, 3.63) is 5.28 Å². The molecule has 110 valence electrons. The molecule has 2 fully saturated rings. The van der Waals surface area contributed by atoms with E-state index in [1.165, 1.54) is 32.1 Å². The molecule has 6 heteroatoms. The highest BCUT2D eigenvalue weighted by Crippen LogP contribution is 2.25. The smallest absolute Gasteiger partial charge is 0.231 e. The summed E-state index contributed by atoms with van der Waals surface area (Å²) in [6.07, 6.45) is 6.15. The van der Waals surface area contributed by atoms with Gasteiger partial charge in [0, 0.05) is 26.2 Å². The highest BCUT2D eigenvalue weighted by Gasteiger charge is 2.23. The summed E-state index contributed by atoms with van der Waals surface area (Å²) in [5.41, 5.74) is 0. The molecular weight excluding hydrogens is 274 g/mol. The number of aromatic nitrogens is 3. The molecule has 0 N–H and O–H groups in total. The topological polar surface area (TPSA) is 45.2 Å². The van der Waals surface area contributed by atoms with Gasteiger partial charge in [0.05, 0.1) is 0 Å². The van der Waals surface area contributed by atoms with Crippen LogP contribution in [0.2, 0.25) is 5.28 Å². The molecule has 20 heavy (non-hydrogen) atoms. The second kappa shape index (κ2) is 6.12. The van der Waals surface area contributed by atoms with Gasteiger partial charge in [0.1, 0.15) is 0 Å². The molecule has 1 atom stereocenters. The van der Waals surface area contributed by atoms with Gasteiger partial charge in [-0.05, 0) is 43.2 Å². The molecule has 0 spiro atoms. The zero-order chi connectivity index (χ0) is 13.9. The Hall–Kier alpha value is -1.10.